The number of hydrogen-bond donors (Lipinski definition) is 4. The van der Waals surface area contributed by atoms with Crippen LogP contribution in [0.3, 0.4) is 0 Å². The van der Waals surface area contributed by atoms with Crippen LogP contribution in [0.4, 0.5) is 35.9 Å². The normalized spacial score (nSPS) is 11.7. The first kappa shape index (κ1) is 53.3. The van der Waals surface area contributed by atoms with Gasteiger partial charge in [-0.2, -0.15) is 13.2 Å². The molecule has 4 N–H and O–H groups in total. The number of nitrogens with one attached hydrogen (secondary N) is 2. The second kappa shape index (κ2) is 24.9. The highest BCUT2D eigenvalue weighted by Crippen LogP contribution is 2.40. The van der Waals surface area contributed by atoms with Crippen LogP contribution in [0.15, 0.2) is 42.5 Å². The lowest BCUT2D eigenvalue weighted by Crippen LogP contribution is -2.25. The molecule has 0 aliphatic rings. The lowest BCUT2D eigenvalue weighted by atomic mass is 10.0. The summed E-state index contributed by atoms with van der Waals surface area (Å²) in [5.74, 6) is -1.05. The third-order valence-corrected chi connectivity index (χ3v) is 7.93. The van der Waals surface area contributed by atoms with Gasteiger partial charge in [0.1, 0.15) is 19.1 Å². The molecule has 324 valence electrons. The first-order chi connectivity index (χ1) is 26.7. The smallest absolute Gasteiger partial charge is 0.416 e. The first-order valence-electron chi connectivity index (χ1n) is 16.8. The third kappa shape index (κ3) is 19.6. The van der Waals surface area contributed by atoms with Gasteiger partial charge in [-0.25, -0.2) is 0 Å². The Bertz CT molecular complexity index is 1910. The maximum Gasteiger partial charge on any atom is 0.416 e. The van der Waals surface area contributed by atoms with Crippen LogP contribution >= 0.6 is 19.2 Å². The number of aryl methyl sites for hydroxylation is 1. The molecule has 0 heterocycles. The van der Waals surface area contributed by atoms with E-state index in [-0.39, 0.29) is 57.7 Å². The molecule has 3 rings (SSSR count). The summed E-state index contributed by atoms with van der Waals surface area (Å²) in [5.41, 5.74) is -0.596. The zero-order valence-corrected chi connectivity index (χ0v) is 35.2. The Morgan fingerprint density at radius 1 is 0.931 bits per heavy atom. The second-order valence-electron chi connectivity index (χ2n) is 12.1. The SMILES string of the molecule is CCC(CC)Nc1c([N+](=O)[O-])cc(C)c(C)c1[N+](=O)[O-].CCOc1cc(Oc2ccc(C(F)(F)F)cc2Cl)ccc1[N+](=O)[O-].C[S+](C)C.O=C(O)CNCP(=O)([O-])O. The molecule has 24 heteroatoms. The van der Waals surface area contributed by atoms with Gasteiger partial charge in [0, 0.05) is 29.8 Å². The number of nitro groups is 3. The van der Waals surface area contributed by atoms with Gasteiger partial charge in [-0.3, -0.25) is 40.5 Å². The molecular weight excluding hydrogens is 842 g/mol. The molecule has 0 fully saturated rings. The molecule has 0 saturated carbocycles. The summed E-state index contributed by atoms with van der Waals surface area (Å²) in [4.78, 5) is 59.4. The molecule has 0 amide bonds. The van der Waals surface area contributed by atoms with Crippen molar-refractivity contribution in [2.75, 3.05) is 43.5 Å². The van der Waals surface area contributed by atoms with Gasteiger partial charge in [0.15, 0.2) is 5.69 Å². The number of benzene rings is 3. The minimum Gasteiger partial charge on any atom is -0.778 e. The van der Waals surface area contributed by atoms with Crippen molar-refractivity contribution in [1.82, 2.24) is 5.32 Å². The van der Waals surface area contributed by atoms with Crippen molar-refractivity contribution in [3.8, 4) is 17.2 Å². The van der Waals surface area contributed by atoms with Crippen LogP contribution in [0.25, 0.3) is 0 Å². The number of rotatable bonds is 15. The molecule has 0 spiro atoms. The summed E-state index contributed by atoms with van der Waals surface area (Å²) in [6.07, 6.45) is 2.83. The average Bonchev–Trinajstić information content (AvgIpc) is 3.08. The Morgan fingerprint density at radius 3 is 1.90 bits per heavy atom. The highest BCUT2D eigenvalue weighted by atomic mass is 35.5. The summed E-state index contributed by atoms with van der Waals surface area (Å²) in [6, 6.07) is 7.75. The molecule has 0 aromatic heterocycles. The zero-order chi connectivity index (χ0) is 45.1. The maximum atomic E-state index is 12.6. The average molecular weight is 888 g/mol. The van der Waals surface area contributed by atoms with E-state index in [2.05, 4.69) is 24.1 Å². The van der Waals surface area contributed by atoms with Crippen LogP contribution in [-0.2, 0) is 26.4 Å². The van der Waals surface area contributed by atoms with Crippen molar-refractivity contribution in [2.24, 2.45) is 0 Å². The molecule has 0 bridgehead atoms. The lowest BCUT2D eigenvalue weighted by molar-refractivity contribution is -0.392. The Labute approximate surface area is 340 Å². The van der Waals surface area contributed by atoms with Crippen LogP contribution in [0.2, 0.25) is 5.02 Å². The minimum atomic E-state index is -4.52. The largest absolute Gasteiger partial charge is 0.778 e. The van der Waals surface area contributed by atoms with Crippen LogP contribution < -0.4 is 25.0 Å². The Hall–Kier alpha value is -4.73. The molecule has 1 atom stereocenters. The molecule has 0 saturated heterocycles. The maximum absolute atomic E-state index is 12.6. The number of alkyl halides is 3. The van der Waals surface area contributed by atoms with Crippen molar-refractivity contribution in [2.45, 2.75) is 59.7 Å². The van der Waals surface area contributed by atoms with Gasteiger partial charge in [0.05, 0.1) is 63.6 Å². The quantitative estimate of drug-likeness (QED) is 0.0490. The van der Waals surface area contributed by atoms with E-state index in [0.717, 1.165) is 31.0 Å². The fourth-order valence-electron chi connectivity index (χ4n) is 4.26. The van der Waals surface area contributed by atoms with Crippen LogP contribution in [0.5, 0.6) is 17.2 Å². The predicted octanol–water partition coefficient (Wildman–Crippen LogP) is 7.84. The summed E-state index contributed by atoms with van der Waals surface area (Å²) < 4.78 is 58.3. The van der Waals surface area contributed by atoms with E-state index in [1.807, 2.05) is 19.2 Å². The number of ether oxygens (including phenoxy) is 2. The molecular formula is C34H46ClF3N5O13PS. The van der Waals surface area contributed by atoms with Crippen molar-refractivity contribution in [3.05, 3.63) is 94.5 Å². The zero-order valence-electron chi connectivity index (χ0n) is 32.7. The summed E-state index contributed by atoms with van der Waals surface area (Å²) in [7, 11) is -3.71. The predicted molar refractivity (Wildman–Crippen MR) is 213 cm³/mol. The Kier molecular flexibility index (Phi) is 22.9. The molecule has 1 unspecified atom stereocenters. The third-order valence-electron chi connectivity index (χ3n) is 7.01. The Balaban J connectivity index is 0.000000858. The standard InChI is InChI=1S/C15H11ClF3NO4.C13H19N3O4.C3H8NO5P.C3H9S/c1-2-23-14-8-10(4-5-12(14)20(21)22)24-13-6-3-9(7-11(13)16)15(17,18)19;1-5-10(6-2)14-12-11(15(17)18)7-8(3)9(4)13(12)16(19)20;5-3(6)1-4-2-10(7,8)9;1-4(2)3/h3-8H,2H2,1H3;7,10,14H,5-6H2,1-4H3;4H,1-2H2,(H,5,6)(H2,7,8,9);1-3H3/q;;;+1/p-1. The van der Waals surface area contributed by atoms with Crippen molar-refractivity contribution in [3.63, 3.8) is 0 Å². The van der Waals surface area contributed by atoms with Gasteiger partial charge in [-0.1, -0.05) is 25.4 Å². The van der Waals surface area contributed by atoms with E-state index >= 15 is 0 Å². The lowest BCUT2D eigenvalue weighted by Gasteiger charge is -2.17. The molecule has 0 aliphatic carbocycles. The monoisotopic (exact) mass is 887 g/mol. The topological polar surface area (TPSA) is 270 Å². The first-order valence-corrected chi connectivity index (χ1v) is 21.4. The number of carbonyl (C=O) groups is 1. The van der Waals surface area contributed by atoms with Crippen LogP contribution in [0, 0.1) is 44.2 Å². The summed E-state index contributed by atoms with van der Waals surface area (Å²) >= 11 is 5.80. The molecule has 0 radical (unpaired) electrons. The molecule has 3 aromatic rings. The van der Waals surface area contributed by atoms with Gasteiger partial charge in [-0.05, 0) is 74.3 Å². The van der Waals surface area contributed by atoms with Gasteiger partial charge in [0.2, 0.25) is 5.75 Å². The van der Waals surface area contributed by atoms with E-state index < -0.39 is 52.9 Å². The van der Waals surface area contributed by atoms with E-state index in [1.54, 1.807) is 20.8 Å². The number of carboxylic acid groups (broad SMARTS) is 1. The van der Waals surface area contributed by atoms with Crippen LogP contribution in [-0.4, -0.2) is 75.0 Å². The Morgan fingerprint density at radius 2 is 1.48 bits per heavy atom. The molecule has 18 nitrogen and oxygen atoms in total. The second-order valence-corrected chi connectivity index (χ2v) is 16.6. The van der Waals surface area contributed by atoms with Gasteiger partial charge >= 0.3 is 23.5 Å². The van der Waals surface area contributed by atoms with E-state index in [4.69, 9.17) is 31.1 Å². The number of aliphatic carboxylic acids is 1. The summed E-state index contributed by atoms with van der Waals surface area (Å²) in [6.45, 7) is 8.48. The van der Waals surface area contributed by atoms with E-state index in [9.17, 15) is 57.8 Å². The number of halogens is 4. The van der Waals surface area contributed by atoms with Gasteiger partial charge in [-0.15, -0.1) is 0 Å². The van der Waals surface area contributed by atoms with Gasteiger partial charge in [0.25, 0.3) is 5.69 Å². The fraction of sp³-hybridized carbons (Fsp3) is 0.441. The van der Waals surface area contributed by atoms with Crippen molar-refractivity contribution >= 4 is 58.8 Å². The molecule has 0 aliphatic heterocycles. The van der Waals surface area contributed by atoms with Crippen molar-refractivity contribution in [1.29, 1.82) is 0 Å². The van der Waals surface area contributed by atoms with Crippen LogP contribution in [0.1, 0.15) is 50.3 Å². The number of anilines is 1. The fourth-order valence-corrected chi connectivity index (χ4v) is 4.88. The van der Waals surface area contributed by atoms with E-state index in [0.29, 0.717) is 22.0 Å². The molecule has 3 aromatic carbocycles. The van der Waals surface area contributed by atoms with E-state index in [1.165, 1.54) is 24.3 Å². The number of hydrogen-bond acceptors (Lipinski definition) is 13. The summed E-state index contributed by atoms with van der Waals surface area (Å²) in [5, 5.41) is 46.0. The van der Waals surface area contributed by atoms with Crippen molar-refractivity contribution < 1.29 is 61.7 Å². The molecule has 58 heavy (non-hydrogen) atoms. The van der Waals surface area contributed by atoms with Gasteiger partial charge < -0.3 is 34.2 Å². The number of nitrogens with zero attached hydrogens (tertiary/aromatic N) is 3. The highest BCUT2D eigenvalue weighted by molar-refractivity contribution is 7.94. The number of nitro benzene ring substituents is 3. The minimum absolute atomic E-state index is 0.0109. The highest BCUT2D eigenvalue weighted by Gasteiger charge is 2.32. The number of carboxylic acids is 1.